The lowest BCUT2D eigenvalue weighted by atomic mass is 10.0. The molecule has 100 valence electrons. The minimum Gasteiger partial charge on any atom is -0.497 e. The second-order valence-corrected chi connectivity index (χ2v) is 6.15. The standard InChI is InChI=1S/C14H10Br2ClFO/c1-19-9-3-5-11(13(18)7-9)14(16)10-4-2-8(15)6-12(10)17/h2-7,14H,1H3. The Hall–Kier alpha value is -0.580. The van der Waals surface area contributed by atoms with Crippen molar-refractivity contribution < 1.29 is 9.13 Å². The Morgan fingerprint density at radius 2 is 1.84 bits per heavy atom. The molecule has 5 heteroatoms. The molecule has 0 aliphatic carbocycles. The lowest BCUT2D eigenvalue weighted by molar-refractivity contribution is 0.411. The Morgan fingerprint density at radius 1 is 1.16 bits per heavy atom. The molecule has 0 spiro atoms. The molecular formula is C14H10Br2ClFO. The summed E-state index contributed by atoms with van der Waals surface area (Å²) in [5.41, 5.74) is 1.33. The Bertz CT molecular complexity index is 604. The van der Waals surface area contributed by atoms with E-state index in [1.54, 1.807) is 18.2 Å². The van der Waals surface area contributed by atoms with Crippen molar-refractivity contribution in [2.24, 2.45) is 0 Å². The third-order valence-electron chi connectivity index (χ3n) is 2.72. The zero-order valence-corrected chi connectivity index (χ0v) is 13.9. The van der Waals surface area contributed by atoms with Gasteiger partial charge in [0.25, 0.3) is 0 Å². The Labute approximate surface area is 133 Å². The summed E-state index contributed by atoms with van der Waals surface area (Å²) in [5, 5.41) is 0.575. The number of alkyl halides is 1. The molecule has 2 rings (SSSR count). The maximum Gasteiger partial charge on any atom is 0.131 e. The van der Waals surface area contributed by atoms with Crippen LogP contribution in [0.3, 0.4) is 0 Å². The molecule has 1 atom stereocenters. The first kappa shape index (κ1) is 14.8. The molecule has 0 aromatic heterocycles. The number of hydrogen-bond acceptors (Lipinski definition) is 1. The van der Waals surface area contributed by atoms with Crippen molar-refractivity contribution in [3.8, 4) is 5.75 Å². The Balaban J connectivity index is 2.41. The second kappa shape index (κ2) is 6.25. The van der Waals surface area contributed by atoms with Crippen molar-refractivity contribution in [3.05, 3.63) is 62.8 Å². The molecule has 0 amide bonds. The summed E-state index contributed by atoms with van der Waals surface area (Å²) >= 11 is 13.0. The van der Waals surface area contributed by atoms with Gasteiger partial charge in [-0.05, 0) is 23.8 Å². The molecule has 1 nitrogen and oxygen atoms in total. The van der Waals surface area contributed by atoms with Gasteiger partial charge in [0.2, 0.25) is 0 Å². The fraction of sp³-hybridized carbons (Fsp3) is 0.143. The highest BCUT2D eigenvalue weighted by molar-refractivity contribution is 9.10. The van der Waals surface area contributed by atoms with E-state index in [4.69, 9.17) is 16.3 Å². The van der Waals surface area contributed by atoms with Gasteiger partial charge < -0.3 is 4.74 Å². The van der Waals surface area contributed by atoms with E-state index in [9.17, 15) is 4.39 Å². The van der Waals surface area contributed by atoms with E-state index in [2.05, 4.69) is 31.9 Å². The van der Waals surface area contributed by atoms with E-state index in [0.717, 1.165) is 10.0 Å². The van der Waals surface area contributed by atoms with E-state index in [-0.39, 0.29) is 10.6 Å². The normalized spacial score (nSPS) is 12.3. The Morgan fingerprint density at radius 3 is 2.42 bits per heavy atom. The monoisotopic (exact) mass is 406 g/mol. The number of halogens is 4. The van der Waals surface area contributed by atoms with Crippen LogP contribution in [0.25, 0.3) is 0 Å². The highest BCUT2D eigenvalue weighted by Crippen LogP contribution is 2.38. The van der Waals surface area contributed by atoms with E-state index >= 15 is 0 Å². The van der Waals surface area contributed by atoms with Crippen LogP contribution in [0.1, 0.15) is 16.0 Å². The van der Waals surface area contributed by atoms with E-state index in [1.165, 1.54) is 13.2 Å². The van der Waals surface area contributed by atoms with Crippen molar-refractivity contribution >= 4 is 43.5 Å². The number of rotatable bonds is 3. The highest BCUT2D eigenvalue weighted by Gasteiger charge is 2.18. The van der Waals surface area contributed by atoms with Gasteiger partial charge in [0.15, 0.2) is 0 Å². The third-order valence-corrected chi connectivity index (χ3v) is 4.52. The molecular weight excluding hydrogens is 398 g/mol. The van der Waals surface area contributed by atoms with Crippen LogP contribution in [0.2, 0.25) is 5.02 Å². The summed E-state index contributed by atoms with van der Waals surface area (Å²) in [6.45, 7) is 0. The molecule has 0 bridgehead atoms. The molecule has 0 N–H and O–H groups in total. The molecule has 2 aromatic rings. The first-order valence-electron chi connectivity index (χ1n) is 5.45. The van der Waals surface area contributed by atoms with Crippen LogP contribution in [-0.2, 0) is 0 Å². The fourth-order valence-corrected chi connectivity index (χ4v) is 3.40. The number of hydrogen-bond donors (Lipinski definition) is 0. The zero-order valence-electron chi connectivity index (χ0n) is 9.96. The molecule has 0 saturated heterocycles. The zero-order chi connectivity index (χ0) is 14.0. The van der Waals surface area contributed by atoms with Crippen molar-refractivity contribution in [2.45, 2.75) is 4.83 Å². The maximum atomic E-state index is 14.0. The minimum atomic E-state index is -0.333. The van der Waals surface area contributed by atoms with Gasteiger partial charge in [0.1, 0.15) is 11.6 Å². The van der Waals surface area contributed by atoms with Crippen molar-refractivity contribution in [1.82, 2.24) is 0 Å². The quantitative estimate of drug-likeness (QED) is 0.589. The number of ether oxygens (including phenoxy) is 1. The largest absolute Gasteiger partial charge is 0.497 e. The molecule has 0 saturated carbocycles. The van der Waals surface area contributed by atoms with Crippen LogP contribution >= 0.6 is 43.5 Å². The van der Waals surface area contributed by atoms with Gasteiger partial charge in [-0.15, -0.1) is 0 Å². The summed E-state index contributed by atoms with van der Waals surface area (Å²) in [6.07, 6.45) is 0. The maximum absolute atomic E-state index is 14.0. The molecule has 0 heterocycles. The van der Waals surface area contributed by atoms with Crippen molar-refractivity contribution in [2.75, 3.05) is 7.11 Å². The second-order valence-electron chi connectivity index (χ2n) is 3.92. The molecule has 0 aliphatic rings. The van der Waals surface area contributed by atoms with Crippen LogP contribution in [0.4, 0.5) is 4.39 Å². The summed E-state index contributed by atoms with van der Waals surface area (Å²) < 4.78 is 19.9. The van der Waals surface area contributed by atoms with Crippen molar-refractivity contribution in [1.29, 1.82) is 0 Å². The van der Waals surface area contributed by atoms with Crippen LogP contribution in [0, 0.1) is 5.82 Å². The molecule has 0 radical (unpaired) electrons. The first-order valence-corrected chi connectivity index (χ1v) is 7.54. The van der Waals surface area contributed by atoms with E-state index in [0.29, 0.717) is 16.3 Å². The molecule has 2 aromatic carbocycles. The molecule has 0 fully saturated rings. The fourth-order valence-electron chi connectivity index (χ4n) is 1.71. The molecule has 1 unspecified atom stereocenters. The predicted octanol–water partition coefficient (Wildman–Crippen LogP) is 5.73. The van der Waals surface area contributed by atoms with Gasteiger partial charge in [0.05, 0.1) is 11.9 Å². The Kier molecular flexibility index (Phi) is 4.87. The minimum absolute atomic E-state index is 0.306. The van der Waals surface area contributed by atoms with Crippen LogP contribution in [-0.4, -0.2) is 7.11 Å². The summed E-state index contributed by atoms with van der Waals surface area (Å²) in [5.74, 6) is 0.156. The van der Waals surface area contributed by atoms with Gasteiger partial charge in [-0.1, -0.05) is 55.6 Å². The van der Waals surface area contributed by atoms with Crippen LogP contribution in [0.15, 0.2) is 40.9 Å². The number of methoxy groups -OCH3 is 1. The lowest BCUT2D eigenvalue weighted by Crippen LogP contribution is -1.98. The molecule has 0 aliphatic heterocycles. The average molecular weight is 408 g/mol. The third kappa shape index (κ3) is 3.30. The number of benzene rings is 2. The van der Waals surface area contributed by atoms with Crippen molar-refractivity contribution in [3.63, 3.8) is 0 Å². The lowest BCUT2D eigenvalue weighted by Gasteiger charge is -2.14. The van der Waals surface area contributed by atoms with E-state index < -0.39 is 0 Å². The highest BCUT2D eigenvalue weighted by atomic mass is 79.9. The summed E-state index contributed by atoms with van der Waals surface area (Å²) in [6, 6.07) is 10.3. The van der Waals surface area contributed by atoms with Crippen LogP contribution in [0.5, 0.6) is 5.75 Å². The first-order chi connectivity index (χ1) is 9.02. The summed E-state index contributed by atoms with van der Waals surface area (Å²) in [4.78, 5) is -0.306. The topological polar surface area (TPSA) is 9.23 Å². The average Bonchev–Trinajstić information content (AvgIpc) is 2.37. The summed E-state index contributed by atoms with van der Waals surface area (Å²) in [7, 11) is 1.51. The van der Waals surface area contributed by atoms with Gasteiger partial charge in [0, 0.05) is 21.1 Å². The van der Waals surface area contributed by atoms with E-state index in [1.807, 2.05) is 12.1 Å². The molecule has 19 heavy (non-hydrogen) atoms. The van der Waals surface area contributed by atoms with Crippen LogP contribution < -0.4 is 4.74 Å². The smallest absolute Gasteiger partial charge is 0.131 e. The predicted molar refractivity (Wildman–Crippen MR) is 82.9 cm³/mol. The van der Waals surface area contributed by atoms with Gasteiger partial charge in [-0.3, -0.25) is 0 Å². The SMILES string of the molecule is COc1ccc(C(Br)c2ccc(Br)cc2Cl)c(F)c1. The van der Waals surface area contributed by atoms with Gasteiger partial charge in [-0.2, -0.15) is 0 Å². The van der Waals surface area contributed by atoms with Gasteiger partial charge in [-0.25, -0.2) is 4.39 Å². The van der Waals surface area contributed by atoms with Gasteiger partial charge >= 0.3 is 0 Å².